The zero-order valence-electron chi connectivity index (χ0n) is 12.2. The first-order valence-corrected chi connectivity index (χ1v) is 6.90. The van der Waals surface area contributed by atoms with Gasteiger partial charge in [0.2, 0.25) is 0 Å². The molecule has 0 saturated carbocycles. The lowest BCUT2D eigenvalue weighted by Gasteiger charge is -2.39. The van der Waals surface area contributed by atoms with Gasteiger partial charge in [0.25, 0.3) is 0 Å². The molecular formula is C14H22N4O2. The molecule has 0 spiro atoms. The molecule has 6 heteroatoms. The molecule has 0 bridgehead atoms. The fourth-order valence-corrected chi connectivity index (χ4v) is 2.86. The molecule has 1 fully saturated rings. The molecule has 0 aliphatic carbocycles. The van der Waals surface area contributed by atoms with Crippen molar-refractivity contribution in [3.8, 4) is 0 Å². The summed E-state index contributed by atoms with van der Waals surface area (Å²) in [6, 6.07) is 0. The number of piperidine rings is 1. The third-order valence-corrected chi connectivity index (χ3v) is 4.19. The molecule has 1 aromatic rings. The highest BCUT2D eigenvalue weighted by Gasteiger charge is 2.41. The summed E-state index contributed by atoms with van der Waals surface area (Å²) in [6.45, 7) is 7.69. The minimum atomic E-state index is -0.726. The molecule has 1 saturated heterocycles. The van der Waals surface area contributed by atoms with E-state index in [1.807, 2.05) is 18.5 Å². The number of carboxylic acids is 1. The van der Waals surface area contributed by atoms with E-state index in [1.54, 1.807) is 6.08 Å². The molecular weight excluding hydrogens is 256 g/mol. The number of aryl methyl sites for hydroxylation is 1. The topological polar surface area (TPSA) is 71.2 Å². The van der Waals surface area contributed by atoms with E-state index in [9.17, 15) is 9.90 Å². The predicted molar refractivity (Wildman–Crippen MR) is 75.1 cm³/mol. The normalized spacial score (nSPS) is 23.7. The van der Waals surface area contributed by atoms with Crippen LogP contribution >= 0.6 is 0 Å². The van der Waals surface area contributed by atoms with E-state index < -0.39 is 11.4 Å². The highest BCUT2D eigenvalue weighted by molar-refractivity contribution is 5.75. The summed E-state index contributed by atoms with van der Waals surface area (Å²) < 4.78 is 1.95. The summed E-state index contributed by atoms with van der Waals surface area (Å²) in [7, 11) is 1.93. The molecule has 1 N–H and O–H groups in total. The van der Waals surface area contributed by atoms with Crippen molar-refractivity contribution in [1.29, 1.82) is 0 Å². The van der Waals surface area contributed by atoms with Gasteiger partial charge in [-0.25, -0.2) is 0 Å². The number of nitrogens with zero attached hydrogens (tertiary/aromatic N) is 4. The van der Waals surface area contributed by atoms with Crippen molar-refractivity contribution in [1.82, 2.24) is 19.7 Å². The number of hydrogen-bond donors (Lipinski definition) is 1. The van der Waals surface area contributed by atoms with Gasteiger partial charge in [0.1, 0.15) is 11.6 Å². The fraction of sp³-hybridized carbons (Fsp3) is 0.643. The van der Waals surface area contributed by atoms with Gasteiger partial charge < -0.3 is 9.67 Å². The monoisotopic (exact) mass is 278 g/mol. The second kappa shape index (κ2) is 5.75. The number of hydrogen-bond acceptors (Lipinski definition) is 4. The molecule has 6 nitrogen and oxygen atoms in total. The lowest BCUT2D eigenvalue weighted by molar-refractivity contribution is -0.152. The van der Waals surface area contributed by atoms with Crippen LogP contribution in [0.4, 0.5) is 0 Å². The Balaban J connectivity index is 2.12. The Bertz CT molecular complexity index is 511. The maximum absolute atomic E-state index is 11.6. The van der Waals surface area contributed by atoms with Crippen LogP contribution in [0.3, 0.4) is 0 Å². The summed E-state index contributed by atoms with van der Waals surface area (Å²) in [5.74, 6) is 1.02. The average molecular weight is 278 g/mol. The predicted octanol–water partition coefficient (Wildman–Crippen LogP) is 1.37. The smallest absolute Gasteiger partial charge is 0.311 e. The van der Waals surface area contributed by atoms with Crippen LogP contribution in [0.25, 0.3) is 0 Å². The fourth-order valence-electron chi connectivity index (χ4n) is 2.86. The first-order chi connectivity index (χ1) is 9.48. The third-order valence-electron chi connectivity index (χ3n) is 4.19. The number of rotatable bonds is 5. The van der Waals surface area contributed by atoms with Crippen molar-refractivity contribution in [2.24, 2.45) is 12.5 Å². The second-order valence-electron chi connectivity index (χ2n) is 5.61. The van der Waals surface area contributed by atoms with Crippen LogP contribution in [-0.4, -0.2) is 43.8 Å². The standard InChI is InChI=1S/C14H22N4O2/c1-4-6-14(13(19)20)7-5-8-18(10-14)9-12-16-15-11(2)17(12)3/h4H,1,5-10H2,2-3H3,(H,19,20)/t14-/m1/s1. The summed E-state index contributed by atoms with van der Waals surface area (Å²) in [5.41, 5.74) is -0.701. The van der Waals surface area contributed by atoms with Gasteiger partial charge in [-0.1, -0.05) is 6.08 Å². The largest absolute Gasteiger partial charge is 0.481 e. The molecule has 0 radical (unpaired) electrons. The summed E-state index contributed by atoms with van der Waals surface area (Å²) in [4.78, 5) is 13.8. The van der Waals surface area contributed by atoms with E-state index in [0.29, 0.717) is 25.9 Å². The molecule has 0 aromatic carbocycles. The van der Waals surface area contributed by atoms with E-state index in [0.717, 1.165) is 24.6 Å². The molecule has 0 unspecified atom stereocenters. The van der Waals surface area contributed by atoms with E-state index in [2.05, 4.69) is 21.7 Å². The second-order valence-corrected chi connectivity index (χ2v) is 5.61. The van der Waals surface area contributed by atoms with Crippen LogP contribution in [0.5, 0.6) is 0 Å². The number of likely N-dealkylation sites (tertiary alicyclic amines) is 1. The van der Waals surface area contributed by atoms with E-state index >= 15 is 0 Å². The van der Waals surface area contributed by atoms with Crippen LogP contribution in [0.15, 0.2) is 12.7 Å². The number of aliphatic carboxylic acids is 1. The molecule has 1 aromatic heterocycles. The average Bonchev–Trinajstić information content (AvgIpc) is 2.71. The lowest BCUT2D eigenvalue weighted by Crippen LogP contribution is -2.47. The minimum absolute atomic E-state index is 0.511. The van der Waals surface area contributed by atoms with Gasteiger partial charge in [-0.2, -0.15) is 0 Å². The van der Waals surface area contributed by atoms with E-state index in [-0.39, 0.29) is 0 Å². The van der Waals surface area contributed by atoms with Crippen LogP contribution in [0.1, 0.15) is 30.9 Å². The maximum Gasteiger partial charge on any atom is 0.311 e. The van der Waals surface area contributed by atoms with Gasteiger partial charge in [-0.3, -0.25) is 9.69 Å². The van der Waals surface area contributed by atoms with Crippen LogP contribution < -0.4 is 0 Å². The maximum atomic E-state index is 11.6. The first-order valence-electron chi connectivity index (χ1n) is 6.90. The van der Waals surface area contributed by atoms with Gasteiger partial charge in [0.05, 0.1) is 12.0 Å². The molecule has 2 heterocycles. The highest BCUT2D eigenvalue weighted by atomic mass is 16.4. The van der Waals surface area contributed by atoms with E-state index in [1.165, 1.54) is 0 Å². The Morgan fingerprint density at radius 3 is 2.85 bits per heavy atom. The first kappa shape index (κ1) is 14.7. The van der Waals surface area contributed by atoms with Crippen molar-refractivity contribution in [3.05, 3.63) is 24.3 Å². The molecule has 1 atom stereocenters. The van der Waals surface area contributed by atoms with E-state index in [4.69, 9.17) is 0 Å². The Morgan fingerprint density at radius 2 is 2.30 bits per heavy atom. The number of aromatic nitrogens is 3. The molecule has 110 valence electrons. The Kier molecular flexibility index (Phi) is 4.23. The molecule has 2 rings (SSSR count). The molecule has 1 aliphatic rings. The molecule has 1 aliphatic heterocycles. The number of allylic oxidation sites excluding steroid dienone is 1. The van der Waals surface area contributed by atoms with Crippen LogP contribution in [0.2, 0.25) is 0 Å². The van der Waals surface area contributed by atoms with Crippen molar-refractivity contribution in [2.75, 3.05) is 13.1 Å². The lowest BCUT2D eigenvalue weighted by atomic mass is 9.77. The third kappa shape index (κ3) is 2.75. The van der Waals surface area contributed by atoms with Gasteiger partial charge in [-0.05, 0) is 32.7 Å². The van der Waals surface area contributed by atoms with Gasteiger partial charge in [0.15, 0.2) is 0 Å². The van der Waals surface area contributed by atoms with Crippen molar-refractivity contribution < 1.29 is 9.90 Å². The Morgan fingerprint density at radius 1 is 1.55 bits per heavy atom. The Labute approximate surface area is 119 Å². The van der Waals surface area contributed by atoms with Crippen molar-refractivity contribution >= 4 is 5.97 Å². The number of carbonyl (C=O) groups is 1. The quantitative estimate of drug-likeness (QED) is 0.824. The Hall–Kier alpha value is -1.69. The van der Waals surface area contributed by atoms with Crippen molar-refractivity contribution in [2.45, 2.75) is 32.7 Å². The van der Waals surface area contributed by atoms with Gasteiger partial charge in [-0.15, -0.1) is 16.8 Å². The van der Waals surface area contributed by atoms with Crippen molar-refractivity contribution in [3.63, 3.8) is 0 Å². The van der Waals surface area contributed by atoms with Gasteiger partial charge in [0, 0.05) is 13.6 Å². The summed E-state index contributed by atoms with van der Waals surface area (Å²) in [5, 5.41) is 17.7. The minimum Gasteiger partial charge on any atom is -0.481 e. The van der Waals surface area contributed by atoms with Crippen LogP contribution in [-0.2, 0) is 18.4 Å². The highest BCUT2D eigenvalue weighted by Crippen LogP contribution is 2.34. The SMILES string of the molecule is C=CC[C@@]1(C(=O)O)CCCN(Cc2nnc(C)n2C)C1. The molecule has 20 heavy (non-hydrogen) atoms. The molecule has 0 amide bonds. The summed E-state index contributed by atoms with van der Waals surface area (Å²) in [6.07, 6.45) is 3.82. The zero-order chi connectivity index (χ0) is 14.8. The summed E-state index contributed by atoms with van der Waals surface area (Å²) >= 11 is 0. The number of carboxylic acid groups (broad SMARTS) is 1. The zero-order valence-corrected chi connectivity index (χ0v) is 12.2. The van der Waals surface area contributed by atoms with Crippen LogP contribution in [0, 0.1) is 12.3 Å². The van der Waals surface area contributed by atoms with Gasteiger partial charge >= 0.3 is 5.97 Å².